The van der Waals surface area contributed by atoms with E-state index >= 15 is 0 Å². The van der Waals surface area contributed by atoms with Crippen LogP contribution >= 0.6 is 0 Å². The van der Waals surface area contributed by atoms with Crippen molar-refractivity contribution in [3.05, 3.63) is 230 Å². The van der Waals surface area contributed by atoms with Crippen LogP contribution in [-0.2, 0) is 5.41 Å². The molecule has 70 heavy (non-hydrogen) atoms. The average Bonchev–Trinajstić information content (AvgIpc) is 3.71. The smallest absolute Gasteiger partial charge is 0.160 e. The Hall–Kier alpha value is -7.94. The maximum absolute atomic E-state index is 5.26. The second-order valence-corrected chi connectivity index (χ2v) is 20.8. The molecule has 0 amide bonds. The van der Waals surface area contributed by atoms with Crippen molar-refractivity contribution < 1.29 is 0 Å². The Bertz CT molecular complexity index is 3800. The molecule has 4 bridgehead atoms. The van der Waals surface area contributed by atoms with E-state index in [1.54, 1.807) is 11.1 Å². The molecule has 0 N–H and O–H groups in total. The Labute approximate surface area is 409 Å². The Kier molecular flexibility index (Phi) is 8.88. The van der Waals surface area contributed by atoms with Crippen LogP contribution in [-0.4, -0.2) is 9.97 Å². The van der Waals surface area contributed by atoms with Gasteiger partial charge in [-0.1, -0.05) is 200 Å². The highest BCUT2D eigenvalue weighted by Gasteiger charge is 2.62. The Balaban J connectivity index is 0.904. The van der Waals surface area contributed by atoms with Gasteiger partial charge in [-0.2, -0.15) is 0 Å². The molecule has 0 saturated heterocycles. The van der Waals surface area contributed by atoms with Gasteiger partial charge in [-0.15, -0.1) is 0 Å². The summed E-state index contributed by atoms with van der Waals surface area (Å²) in [5.74, 6) is 3.90. The topological polar surface area (TPSA) is 25.8 Å². The first-order chi connectivity index (χ1) is 34.7. The summed E-state index contributed by atoms with van der Waals surface area (Å²) in [5, 5.41) is 7.86. The Morgan fingerprint density at radius 3 is 1.49 bits per heavy atom. The van der Waals surface area contributed by atoms with Crippen LogP contribution in [0.15, 0.2) is 218 Å². The second kappa shape index (κ2) is 15.5. The molecule has 1 aromatic heterocycles. The van der Waals surface area contributed by atoms with Crippen molar-refractivity contribution in [3.63, 3.8) is 0 Å². The lowest BCUT2D eigenvalue weighted by Gasteiger charge is -2.61. The fraction of sp³-hybridized carbons (Fsp3) is 0.147. The molecule has 0 radical (unpaired) electrons. The third-order valence-corrected chi connectivity index (χ3v) is 17.3. The maximum Gasteiger partial charge on any atom is 0.160 e. The number of nitrogens with zero attached hydrogens (tertiary/aromatic N) is 2. The van der Waals surface area contributed by atoms with E-state index in [1.165, 1.54) is 97.8 Å². The van der Waals surface area contributed by atoms with Gasteiger partial charge < -0.3 is 0 Å². The summed E-state index contributed by atoms with van der Waals surface area (Å²) in [6.07, 6.45) is 6.94. The predicted molar refractivity (Wildman–Crippen MR) is 290 cm³/mol. The van der Waals surface area contributed by atoms with Gasteiger partial charge in [0.05, 0.1) is 11.4 Å². The third kappa shape index (κ3) is 5.92. The molecule has 2 nitrogen and oxygen atoms in total. The summed E-state index contributed by atoms with van der Waals surface area (Å²) in [4.78, 5) is 10.5. The first kappa shape index (κ1) is 40.0. The summed E-state index contributed by atoms with van der Waals surface area (Å²) < 4.78 is 0. The molecule has 5 aliphatic rings. The maximum atomic E-state index is 5.26. The van der Waals surface area contributed by atoms with Gasteiger partial charge in [0, 0.05) is 22.1 Å². The third-order valence-electron chi connectivity index (χ3n) is 17.3. The molecule has 1 heterocycles. The van der Waals surface area contributed by atoms with Gasteiger partial charge in [-0.05, 0) is 162 Å². The molecule has 0 atom stereocenters. The lowest BCUT2D eigenvalue weighted by molar-refractivity contribution is -0.0398. The molecule has 4 fully saturated rings. The van der Waals surface area contributed by atoms with Crippen molar-refractivity contribution in [1.29, 1.82) is 0 Å². The average molecular weight is 895 g/mol. The lowest BCUT2D eigenvalue weighted by Crippen LogP contribution is -2.55. The van der Waals surface area contributed by atoms with Crippen LogP contribution in [0.3, 0.4) is 0 Å². The largest absolute Gasteiger partial charge is 0.228 e. The van der Waals surface area contributed by atoms with Crippen LogP contribution in [0.1, 0.15) is 43.2 Å². The molecule has 2 heteroatoms. The predicted octanol–water partition coefficient (Wildman–Crippen LogP) is 17.7. The Morgan fingerprint density at radius 2 is 0.829 bits per heavy atom. The summed E-state index contributed by atoms with van der Waals surface area (Å²) in [6.45, 7) is 0. The zero-order valence-corrected chi connectivity index (χ0v) is 39.0. The van der Waals surface area contributed by atoms with Gasteiger partial charge in [0.1, 0.15) is 0 Å². The van der Waals surface area contributed by atoms with E-state index in [4.69, 9.17) is 9.97 Å². The Morgan fingerprint density at radius 1 is 0.314 bits per heavy atom. The van der Waals surface area contributed by atoms with E-state index in [0.717, 1.165) is 51.0 Å². The number of aromatic nitrogens is 2. The molecular formula is C68H50N2. The minimum absolute atomic E-state index is 0.0724. The summed E-state index contributed by atoms with van der Waals surface area (Å²) >= 11 is 0. The number of benzene rings is 10. The van der Waals surface area contributed by atoms with Gasteiger partial charge in [-0.25, -0.2) is 9.97 Å². The van der Waals surface area contributed by atoms with Crippen LogP contribution in [0, 0.1) is 23.7 Å². The van der Waals surface area contributed by atoms with E-state index in [0.29, 0.717) is 17.7 Å². The summed E-state index contributed by atoms with van der Waals surface area (Å²) in [7, 11) is 0. The molecular weight excluding hydrogens is 845 g/mol. The molecule has 0 unspecified atom stereocenters. The fourth-order valence-electron chi connectivity index (χ4n) is 14.7. The second-order valence-electron chi connectivity index (χ2n) is 20.8. The summed E-state index contributed by atoms with van der Waals surface area (Å²) in [5.41, 5.74) is 18.6. The molecule has 332 valence electrons. The van der Waals surface area contributed by atoms with Crippen molar-refractivity contribution >= 4 is 32.3 Å². The lowest BCUT2D eigenvalue weighted by atomic mass is 9.43. The molecule has 4 saturated carbocycles. The fourth-order valence-corrected chi connectivity index (χ4v) is 14.7. The first-order valence-electron chi connectivity index (χ1n) is 25.5. The highest BCUT2D eigenvalue weighted by Crippen LogP contribution is 2.70. The van der Waals surface area contributed by atoms with Crippen molar-refractivity contribution in [2.45, 2.75) is 37.5 Å². The highest BCUT2D eigenvalue weighted by atomic mass is 14.9. The van der Waals surface area contributed by atoms with Crippen molar-refractivity contribution in [2.75, 3.05) is 0 Å². The van der Waals surface area contributed by atoms with Crippen LogP contribution < -0.4 is 0 Å². The molecule has 1 spiro atoms. The van der Waals surface area contributed by atoms with Gasteiger partial charge in [0.15, 0.2) is 5.82 Å². The van der Waals surface area contributed by atoms with Crippen LogP contribution in [0.4, 0.5) is 0 Å². The van der Waals surface area contributed by atoms with E-state index in [2.05, 4.69) is 212 Å². The quantitative estimate of drug-likeness (QED) is 0.155. The molecule has 0 aliphatic heterocycles. The van der Waals surface area contributed by atoms with E-state index in [9.17, 15) is 0 Å². The van der Waals surface area contributed by atoms with Gasteiger partial charge in [-0.3, -0.25) is 0 Å². The molecule has 5 aliphatic carbocycles. The van der Waals surface area contributed by atoms with Crippen molar-refractivity contribution in [3.8, 4) is 78.4 Å². The molecule has 16 rings (SSSR count). The standard InChI is InChI=1S/C68H50N2/c1-3-16-44(17-4-1)52-22-9-10-23-53(52)63-41-62(69-67(70-63)47-18-5-2-6-19-47)45-30-32-46(33-31-45)64-54-24-11-13-26-56(54)65(57-27-14-12-25-55(57)64)58-28-15-29-60-66(58)59-39-48-20-7-8-21-49(48)40-61(59)68(60)50-35-42-34-43(37-50)38-51(68)36-42/h1-33,39-43,50-51H,34-38H2. The van der Waals surface area contributed by atoms with Crippen molar-refractivity contribution in [2.24, 2.45) is 23.7 Å². The van der Waals surface area contributed by atoms with Gasteiger partial charge in [0.25, 0.3) is 0 Å². The monoisotopic (exact) mass is 894 g/mol. The molecule has 10 aromatic carbocycles. The van der Waals surface area contributed by atoms with Gasteiger partial charge >= 0.3 is 0 Å². The van der Waals surface area contributed by atoms with Crippen LogP contribution in [0.25, 0.3) is 111 Å². The zero-order chi connectivity index (χ0) is 45.9. The summed E-state index contributed by atoms with van der Waals surface area (Å²) in [6, 6.07) is 80.9. The highest BCUT2D eigenvalue weighted by molar-refractivity contribution is 6.23. The van der Waals surface area contributed by atoms with Crippen LogP contribution in [0.2, 0.25) is 0 Å². The zero-order valence-electron chi connectivity index (χ0n) is 39.0. The number of hydrogen-bond donors (Lipinski definition) is 0. The normalized spacial score (nSPS) is 20.6. The van der Waals surface area contributed by atoms with Gasteiger partial charge in [0.2, 0.25) is 0 Å². The first-order valence-corrected chi connectivity index (χ1v) is 25.5. The number of hydrogen-bond acceptors (Lipinski definition) is 2. The van der Waals surface area contributed by atoms with Crippen molar-refractivity contribution in [1.82, 2.24) is 9.97 Å². The minimum atomic E-state index is 0.0724. The van der Waals surface area contributed by atoms with Crippen LogP contribution in [0.5, 0.6) is 0 Å². The molecule has 11 aromatic rings. The SMILES string of the molecule is c1ccc(-c2nc(-c3ccc(-c4c5ccccc5c(-c5cccc6c5-c5cc7ccccc7cc5C65C6CC7CC(C6)CC5C7)c5ccccc45)cc3)cc(-c3ccccc3-c3ccccc3)n2)cc1. The number of rotatable bonds is 6. The van der Waals surface area contributed by atoms with E-state index < -0.39 is 0 Å². The van der Waals surface area contributed by atoms with E-state index in [-0.39, 0.29) is 5.41 Å². The van der Waals surface area contributed by atoms with E-state index in [1.807, 2.05) is 6.07 Å². The minimum Gasteiger partial charge on any atom is -0.228 e. The number of fused-ring (bicyclic) bond motifs is 6.